The van der Waals surface area contributed by atoms with Gasteiger partial charge in [-0.2, -0.15) is 0 Å². The number of rotatable bonds is 7. The van der Waals surface area contributed by atoms with Gasteiger partial charge in [-0.05, 0) is 67.3 Å². The Balaban J connectivity index is 1.30. The molecule has 2 heterocycles. The fourth-order valence-electron chi connectivity index (χ4n) is 4.92. The van der Waals surface area contributed by atoms with E-state index in [9.17, 15) is 22.5 Å². The van der Waals surface area contributed by atoms with E-state index in [2.05, 4.69) is 13.8 Å². The predicted octanol–water partition coefficient (Wildman–Crippen LogP) is 5.40. The highest BCUT2D eigenvalue weighted by atomic mass is 32.2. The highest BCUT2D eigenvalue weighted by Crippen LogP contribution is 2.48. The van der Waals surface area contributed by atoms with E-state index < -0.39 is 40.2 Å². The molecule has 2 fully saturated rings. The molecule has 0 amide bonds. The molecule has 2 aliphatic heterocycles. The van der Waals surface area contributed by atoms with Gasteiger partial charge < -0.3 is 24.2 Å². The fraction of sp³-hybridized carbons (Fsp3) is 0.357. The first kappa shape index (κ1) is 26.9. The van der Waals surface area contributed by atoms with Crippen LogP contribution in [0.15, 0.2) is 82.1 Å². The van der Waals surface area contributed by atoms with Crippen LogP contribution < -0.4 is 19.1 Å². The smallest absolute Gasteiger partial charge is 0.453 e. The molecule has 3 aliphatic rings. The standard InChI is InChI=1S/C28H28F3N3O5S/c29-28(30,31)39-19-11-13-20(14-12-19)40(36,32-15-18-9-10-18)33-21-16-37-17-24(27(21)35)34-22-5-1-3-7-25(22)38-26-8-4-2-6-23(26)34/h1-8,11-14,18,21,24,27,35H,9-10,15-17H2,(H,32,33,36)/t21-,24+,27-,40?/m1/s1. The zero-order valence-corrected chi connectivity index (χ0v) is 22.1. The number of hydrogen-bond acceptors (Lipinski definition) is 7. The van der Waals surface area contributed by atoms with Crippen molar-refractivity contribution < 1.29 is 36.7 Å². The largest absolute Gasteiger partial charge is 0.573 e. The minimum absolute atomic E-state index is 0.0660. The van der Waals surface area contributed by atoms with Crippen LogP contribution in [-0.2, 0) is 14.7 Å². The Hall–Kier alpha value is -3.32. The molecule has 0 radical (unpaired) electrons. The second kappa shape index (κ2) is 10.6. The molecule has 1 saturated heterocycles. The first-order chi connectivity index (χ1) is 19.2. The lowest BCUT2D eigenvalue weighted by Crippen LogP contribution is -2.60. The normalized spacial score (nSPS) is 23.8. The zero-order valence-electron chi connectivity index (χ0n) is 21.3. The van der Waals surface area contributed by atoms with Crippen molar-refractivity contribution in [2.75, 3.05) is 24.7 Å². The molecule has 3 aromatic carbocycles. The number of aliphatic hydroxyl groups is 1. The lowest BCUT2D eigenvalue weighted by molar-refractivity contribution is -0.274. The van der Waals surface area contributed by atoms with E-state index in [4.69, 9.17) is 9.47 Å². The Morgan fingerprint density at radius 2 is 1.60 bits per heavy atom. The van der Waals surface area contributed by atoms with Crippen molar-refractivity contribution in [3.63, 3.8) is 0 Å². The molecule has 12 heteroatoms. The molecule has 1 aliphatic carbocycles. The van der Waals surface area contributed by atoms with Gasteiger partial charge in [0.25, 0.3) is 0 Å². The maximum atomic E-state index is 14.3. The van der Waals surface area contributed by atoms with Gasteiger partial charge >= 0.3 is 6.36 Å². The molecule has 0 spiro atoms. The summed E-state index contributed by atoms with van der Waals surface area (Å²) >= 11 is 0. The number of nitrogens with zero attached hydrogens (tertiary/aromatic N) is 2. The third-order valence-electron chi connectivity index (χ3n) is 7.09. The van der Waals surface area contributed by atoms with Gasteiger partial charge in [0.05, 0.1) is 54.2 Å². The predicted molar refractivity (Wildman–Crippen MR) is 142 cm³/mol. The van der Waals surface area contributed by atoms with E-state index in [0.29, 0.717) is 24.0 Å². The topological polar surface area (TPSA) is 92.6 Å². The zero-order chi connectivity index (χ0) is 27.9. The average molecular weight is 576 g/mol. The maximum Gasteiger partial charge on any atom is 0.573 e. The molecule has 40 heavy (non-hydrogen) atoms. The second-order valence-corrected chi connectivity index (χ2v) is 12.0. The Labute approximate surface area is 230 Å². The van der Waals surface area contributed by atoms with Gasteiger partial charge in [-0.3, -0.25) is 0 Å². The molecule has 6 rings (SSSR count). The first-order valence-corrected chi connectivity index (χ1v) is 14.5. The van der Waals surface area contributed by atoms with Crippen molar-refractivity contribution >= 4 is 21.3 Å². The van der Waals surface area contributed by atoms with Crippen molar-refractivity contribution in [1.29, 1.82) is 0 Å². The van der Waals surface area contributed by atoms with Gasteiger partial charge in [-0.15, -0.1) is 13.2 Å². The van der Waals surface area contributed by atoms with Crippen molar-refractivity contribution in [1.82, 2.24) is 4.72 Å². The van der Waals surface area contributed by atoms with Gasteiger partial charge in [0.2, 0.25) is 0 Å². The third kappa shape index (κ3) is 5.62. The Bertz CT molecular complexity index is 1440. The van der Waals surface area contributed by atoms with E-state index >= 15 is 0 Å². The summed E-state index contributed by atoms with van der Waals surface area (Å²) in [6, 6.07) is 18.4. The number of ether oxygens (including phenoxy) is 3. The average Bonchev–Trinajstić information content (AvgIpc) is 3.76. The number of fused-ring (bicyclic) bond motifs is 2. The van der Waals surface area contributed by atoms with E-state index in [0.717, 1.165) is 36.3 Å². The number of hydrogen-bond donors (Lipinski definition) is 2. The molecule has 212 valence electrons. The Morgan fingerprint density at radius 1 is 0.975 bits per heavy atom. The van der Waals surface area contributed by atoms with Crippen LogP contribution in [0.4, 0.5) is 24.5 Å². The summed E-state index contributed by atoms with van der Waals surface area (Å²) in [7, 11) is -3.34. The lowest BCUT2D eigenvalue weighted by atomic mass is 9.98. The fourth-order valence-corrected chi connectivity index (χ4v) is 6.83. The SMILES string of the molecule is O=S(=NCC1CC1)(N[C@@H]1COC[C@H](N2c3ccccc3Oc3ccccc32)[C@@H]1O)c1ccc(OC(F)(F)F)cc1. The Kier molecular flexibility index (Phi) is 7.11. The Morgan fingerprint density at radius 3 is 2.20 bits per heavy atom. The van der Waals surface area contributed by atoms with Crippen molar-refractivity contribution in [3.8, 4) is 17.2 Å². The third-order valence-corrected chi connectivity index (χ3v) is 9.14. The lowest BCUT2D eigenvalue weighted by Gasteiger charge is -2.44. The molecule has 3 aromatic rings. The molecule has 8 nitrogen and oxygen atoms in total. The molecular formula is C28H28F3N3O5S. The molecular weight excluding hydrogens is 547 g/mol. The van der Waals surface area contributed by atoms with Gasteiger partial charge in [0, 0.05) is 0 Å². The van der Waals surface area contributed by atoms with Crippen LogP contribution in [0.25, 0.3) is 0 Å². The van der Waals surface area contributed by atoms with E-state index in [-0.39, 0.29) is 18.1 Å². The number of anilines is 2. The number of aliphatic hydroxyl groups excluding tert-OH is 1. The summed E-state index contributed by atoms with van der Waals surface area (Å²) in [5.74, 6) is 1.16. The summed E-state index contributed by atoms with van der Waals surface area (Å²) in [6.07, 6.45) is -3.93. The molecule has 1 saturated carbocycles. The molecule has 0 bridgehead atoms. The van der Waals surface area contributed by atoms with Gasteiger partial charge in [-0.1, -0.05) is 24.3 Å². The number of halogens is 3. The van der Waals surface area contributed by atoms with Gasteiger partial charge in [-0.25, -0.2) is 13.3 Å². The molecule has 2 N–H and O–H groups in total. The van der Waals surface area contributed by atoms with Gasteiger partial charge in [0.1, 0.15) is 15.7 Å². The van der Waals surface area contributed by atoms with Crippen LogP contribution in [0.2, 0.25) is 0 Å². The van der Waals surface area contributed by atoms with Crippen LogP contribution in [0.3, 0.4) is 0 Å². The number of benzene rings is 3. The maximum absolute atomic E-state index is 14.3. The monoisotopic (exact) mass is 575 g/mol. The van der Waals surface area contributed by atoms with E-state index in [1.807, 2.05) is 53.4 Å². The highest BCUT2D eigenvalue weighted by molar-refractivity contribution is 7.91. The summed E-state index contributed by atoms with van der Waals surface area (Å²) in [5, 5.41) is 11.7. The minimum Gasteiger partial charge on any atom is -0.453 e. The number of nitrogens with one attached hydrogen (secondary N) is 1. The van der Waals surface area contributed by atoms with Crippen LogP contribution in [-0.4, -0.2) is 53.6 Å². The van der Waals surface area contributed by atoms with Crippen molar-refractivity contribution in [3.05, 3.63) is 72.8 Å². The number of alkyl halides is 3. The quantitative estimate of drug-likeness (QED) is 0.392. The van der Waals surface area contributed by atoms with E-state index in [1.165, 1.54) is 12.1 Å². The summed E-state index contributed by atoms with van der Waals surface area (Å²) < 4.78 is 75.7. The first-order valence-electron chi connectivity index (χ1n) is 13.0. The van der Waals surface area contributed by atoms with Crippen LogP contribution >= 0.6 is 0 Å². The van der Waals surface area contributed by atoms with E-state index in [1.54, 1.807) is 0 Å². The molecule has 1 unspecified atom stereocenters. The second-order valence-electron chi connectivity index (χ2n) is 10.0. The highest BCUT2D eigenvalue weighted by Gasteiger charge is 2.42. The minimum atomic E-state index is -4.84. The summed E-state index contributed by atoms with van der Waals surface area (Å²) in [4.78, 5) is 2.16. The van der Waals surface area contributed by atoms with Crippen LogP contribution in [0.1, 0.15) is 12.8 Å². The van der Waals surface area contributed by atoms with Crippen LogP contribution in [0.5, 0.6) is 17.2 Å². The van der Waals surface area contributed by atoms with Crippen LogP contribution in [0, 0.1) is 5.92 Å². The number of para-hydroxylation sites is 4. The molecule has 4 atom stereocenters. The molecule has 0 aromatic heterocycles. The van der Waals surface area contributed by atoms with Gasteiger partial charge in [0.15, 0.2) is 11.5 Å². The van der Waals surface area contributed by atoms with Crippen molar-refractivity contribution in [2.24, 2.45) is 10.3 Å². The summed E-state index contributed by atoms with van der Waals surface area (Å²) in [5.41, 5.74) is 1.52. The van der Waals surface area contributed by atoms with Crippen molar-refractivity contribution in [2.45, 2.75) is 42.3 Å². The summed E-state index contributed by atoms with van der Waals surface area (Å²) in [6.45, 7) is 0.604.